The monoisotopic (exact) mass is 347 g/mol. The van der Waals surface area contributed by atoms with Gasteiger partial charge in [-0.2, -0.15) is 0 Å². The fraction of sp³-hybridized carbons (Fsp3) is 0.667. The molecule has 0 unspecified atom stereocenters. The van der Waals surface area contributed by atoms with E-state index in [1.54, 1.807) is 6.20 Å². The van der Waals surface area contributed by atoms with Crippen LogP contribution in [0.1, 0.15) is 26.7 Å². The van der Waals surface area contributed by atoms with Crippen molar-refractivity contribution < 1.29 is 9.53 Å². The van der Waals surface area contributed by atoms with Crippen molar-refractivity contribution in [3.05, 3.63) is 18.3 Å². The van der Waals surface area contributed by atoms with Gasteiger partial charge in [0.15, 0.2) is 5.82 Å². The average Bonchev–Trinajstić information content (AvgIpc) is 3.16. The van der Waals surface area contributed by atoms with E-state index < -0.39 is 0 Å². The van der Waals surface area contributed by atoms with Crippen LogP contribution in [0.5, 0.6) is 0 Å². The number of amides is 2. The summed E-state index contributed by atoms with van der Waals surface area (Å²) in [5, 5.41) is 5.97. The van der Waals surface area contributed by atoms with Gasteiger partial charge in [0.25, 0.3) is 0 Å². The highest BCUT2D eigenvalue weighted by atomic mass is 16.5. The molecule has 2 aliphatic heterocycles. The molecule has 0 saturated carbocycles. The highest BCUT2D eigenvalue weighted by Crippen LogP contribution is 2.26. The van der Waals surface area contributed by atoms with Crippen molar-refractivity contribution in [3.8, 4) is 0 Å². The Morgan fingerprint density at radius 3 is 2.68 bits per heavy atom. The van der Waals surface area contributed by atoms with Crippen LogP contribution in [0.25, 0.3) is 0 Å². The SMILES string of the molecule is CC(C)(CNC(=O)Nc1cccnc1N1CCCC1)N1CCOCC1. The molecule has 0 aromatic carbocycles. The van der Waals surface area contributed by atoms with Gasteiger partial charge in [-0.3, -0.25) is 4.90 Å². The number of carbonyl (C=O) groups is 1. The Morgan fingerprint density at radius 1 is 1.24 bits per heavy atom. The van der Waals surface area contributed by atoms with Gasteiger partial charge in [-0.05, 0) is 38.8 Å². The Kier molecular flexibility index (Phi) is 5.75. The molecule has 3 rings (SSSR count). The molecule has 0 radical (unpaired) electrons. The molecule has 2 fully saturated rings. The molecule has 1 aromatic rings. The smallest absolute Gasteiger partial charge is 0.319 e. The Labute approximate surface area is 149 Å². The highest BCUT2D eigenvalue weighted by Gasteiger charge is 2.28. The Balaban J connectivity index is 1.56. The summed E-state index contributed by atoms with van der Waals surface area (Å²) in [5.41, 5.74) is 0.666. The lowest BCUT2D eigenvalue weighted by molar-refractivity contribution is -0.00863. The molecule has 0 aliphatic carbocycles. The molecular formula is C18H29N5O2. The molecule has 2 aliphatic rings. The number of carbonyl (C=O) groups excluding carboxylic acids is 1. The van der Waals surface area contributed by atoms with E-state index in [1.807, 2.05) is 12.1 Å². The summed E-state index contributed by atoms with van der Waals surface area (Å²) in [6, 6.07) is 3.58. The number of pyridine rings is 1. The van der Waals surface area contributed by atoms with Crippen molar-refractivity contribution in [1.29, 1.82) is 0 Å². The summed E-state index contributed by atoms with van der Waals surface area (Å²) in [6.45, 7) is 10.2. The van der Waals surface area contributed by atoms with E-state index in [9.17, 15) is 4.79 Å². The van der Waals surface area contributed by atoms with Crippen molar-refractivity contribution in [1.82, 2.24) is 15.2 Å². The fourth-order valence-electron chi connectivity index (χ4n) is 3.42. The summed E-state index contributed by atoms with van der Waals surface area (Å²) in [4.78, 5) is 21.4. The van der Waals surface area contributed by atoms with Gasteiger partial charge in [0.1, 0.15) is 0 Å². The largest absolute Gasteiger partial charge is 0.379 e. The molecule has 7 nitrogen and oxygen atoms in total. The van der Waals surface area contributed by atoms with Crippen LogP contribution in [-0.4, -0.2) is 67.4 Å². The summed E-state index contributed by atoms with van der Waals surface area (Å²) >= 11 is 0. The minimum absolute atomic E-state index is 0.103. The normalized spacial score (nSPS) is 19.0. The number of nitrogens with one attached hydrogen (secondary N) is 2. The van der Waals surface area contributed by atoms with Gasteiger partial charge < -0.3 is 20.3 Å². The number of anilines is 2. The summed E-state index contributed by atoms with van der Waals surface area (Å²) in [5.74, 6) is 0.864. The molecule has 1 aromatic heterocycles. The first-order valence-corrected chi connectivity index (χ1v) is 9.14. The van der Waals surface area contributed by atoms with Crippen LogP contribution >= 0.6 is 0 Å². The van der Waals surface area contributed by atoms with Crippen LogP contribution in [0.2, 0.25) is 0 Å². The van der Waals surface area contributed by atoms with E-state index in [0.29, 0.717) is 6.54 Å². The molecule has 2 saturated heterocycles. The zero-order valence-corrected chi connectivity index (χ0v) is 15.3. The number of morpholine rings is 1. The highest BCUT2D eigenvalue weighted by molar-refractivity contribution is 5.92. The topological polar surface area (TPSA) is 69.7 Å². The maximum absolute atomic E-state index is 12.4. The predicted molar refractivity (Wildman–Crippen MR) is 99.2 cm³/mol. The summed E-state index contributed by atoms with van der Waals surface area (Å²) < 4.78 is 5.41. The van der Waals surface area contributed by atoms with E-state index in [2.05, 4.69) is 39.3 Å². The van der Waals surface area contributed by atoms with Gasteiger partial charge in [-0.1, -0.05) is 0 Å². The molecule has 3 heterocycles. The van der Waals surface area contributed by atoms with Crippen molar-refractivity contribution in [3.63, 3.8) is 0 Å². The maximum atomic E-state index is 12.4. The van der Waals surface area contributed by atoms with Crippen LogP contribution in [0.4, 0.5) is 16.3 Å². The number of ether oxygens (including phenoxy) is 1. The Hall–Kier alpha value is -1.86. The van der Waals surface area contributed by atoms with E-state index in [0.717, 1.165) is 50.9 Å². The second kappa shape index (κ2) is 8.01. The zero-order chi connectivity index (χ0) is 17.7. The van der Waals surface area contributed by atoms with Gasteiger partial charge in [0, 0.05) is 44.5 Å². The number of hydrogen-bond donors (Lipinski definition) is 2. The van der Waals surface area contributed by atoms with Crippen molar-refractivity contribution in [2.24, 2.45) is 0 Å². The number of rotatable bonds is 5. The Bertz CT molecular complexity index is 581. The molecule has 25 heavy (non-hydrogen) atoms. The first-order valence-electron chi connectivity index (χ1n) is 9.14. The standard InChI is InChI=1S/C18H29N5O2/c1-18(2,23-10-12-25-13-11-23)14-20-17(24)21-15-6-5-7-19-16(15)22-8-3-4-9-22/h5-7H,3-4,8-14H2,1-2H3,(H2,20,21,24). The molecule has 0 spiro atoms. The van der Waals surface area contributed by atoms with Gasteiger partial charge >= 0.3 is 6.03 Å². The molecule has 0 atom stereocenters. The molecule has 0 bridgehead atoms. The van der Waals surface area contributed by atoms with Gasteiger partial charge in [-0.25, -0.2) is 9.78 Å². The molecule has 138 valence electrons. The summed E-state index contributed by atoms with van der Waals surface area (Å²) in [6.07, 6.45) is 4.13. The van der Waals surface area contributed by atoms with Crippen molar-refractivity contribution in [2.75, 3.05) is 56.2 Å². The number of hydrogen-bond acceptors (Lipinski definition) is 5. The van der Waals surface area contributed by atoms with Gasteiger partial charge in [-0.15, -0.1) is 0 Å². The lowest BCUT2D eigenvalue weighted by atomic mass is 10.0. The number of nitrogens with zero attached hydrogens (tertiary/aromatic N) is 3. The van der Waals surface area contributed by atoms with Crippen LogP contribution in [0.15, 0.2) is 18.3 Å². The molecule has 7 heteroatoms. The maximum Gasteiger partial charge on any atom is 0.319 e. The van der Waals surface area contributed by atoms with E-state index in [4.69, 9.17) is 4.74 Å². The minimum atomic E-state index is -0.185. The van der Waals surface area contributed by atoms with Crippen LogP contribution in [0.3, 0.4) is 0 Å². The second-order valence-electron chi connectivity index (χ2n) is 7.29. The quantitative estimate of drug-likeness (QED) is 0.852. The van der Waals surface area contributed by atoms with Crippen LogP contribution < -0.4 is 15.5 Å². The lowest BCUT2D eigenvalue weighted by Gasteiger charge is -2.40. The van der Waals surface area contributed by atoms with Gasteiger partial charge in [0.2, 0.25) is 0 Å². The second-order valence-corrected chi connectivity index (χ2v) is 7.29. The van der Waals surface area contributed by atoms with Crippen LogP contribution in [-0.2, 0) is 4.74 Å². The van der Waals surface area contributed by atoms with Crippen molar-refractivity contribution in [2.45, 2.75) is 32.2 Å². The van der Waals surface area contributed by atoms with Gasteiger partial charge in [0.05, 0.1) is 18.9 Å². The minimum Gasteiger partial charge on any atom is -0.379 e. The summed E-state index contributed by atoms with van der Waals surface area (Å²) in [7, 11) is 0. The molecule has 2 amide bonds. The average molecular weight is 347 g/mol. The number of aromatic nitrogens is 1. The van der Waals surface area contributed by atoms with E-state index >= 15 is 0 Å². The first-order chi connectivity index (χ1) is 12.1. The number of urea groups is 1. The van der Waals surface area contributed by atoms with Crippen molar-refractivity contribution >= 4 is 17.5 Å². The Morgan fingerprint density at radius 2 is 1.96 bits per heavy atom. The van der Waals surface area contributed by atoms with E-state index in [1.165, 1.54) is 12.8 Å². The third-order valence-corrected chi connectivity index (χ3v) is 4.99. The third kappa shape index (κ3) is 4.61. The molecular weight excluding hydrogens is 318 g/mol. The fourth-order valence-corrected chi connectivity index (χ4v) is 3.42. The molecule has 2 N–H and O–H groups in total. The zero-order valence-electron chi connectivity index (χ0n) is 15.3. The van der Waals surface area contributed by atoms with E-state index in [-0.39, 0.29) is 11.6 Å². The first kappa shape index (κ1) is 17.9. The predicted octanol–water partition coefficient (Wildman–Crippen LogP) is 1.91. The van der Waals surface area contributed by atoms with Crippen LogP contribution in [0, 0.1) is 0 Å². The lowest BCUT2D eigenvalue weighted by Crippen LogP contribution is -2.55. The third-order valence-electron chi connectivity index (χ3n) is 4.99.